The number of halogens is 2. The number of furan rings is 1. The Balaban J connectivity index is 1.93. The lowest BCUT2D eigenvalue weighted by molar-refractivity contribution is 0.179. The first-order chi connectivity index (χ1) is 9.66. The van der Waals surface area contributed by atoms with Crippen molar-refractivity contribution in [1.82, 2.24) is 0 Å². The second-order valence-electron chi connectivity index (χ2n) is 4.62. The summed E-state index contributed by atoms with van der Waals surface area (Å²) in [6, 6.07) is 13.0. The molecule has 0 fully saturated rings. The Morgan fingerprint density at radius 3 is 2.70 bits per heavy atom. The van der Waals surface area contributed by atoms with E-state index in [1.807, 2.05) is 36.4 Å². The van der Waals surface area contributed by atoms with Crippen LogP contribution in [0.2, 0.25) is 10.0 Å². The zero-order valence-electron chi connectivity index (χ0n) is 10.5. The van der Waals surface area contributed by atoms with E-state index in [0.29, 0.717) is 16.5 Å². The monoisotopic (exact) mass is 306 g/mol. The molecule has 0 amide bonds. The number of hydrogen-bond acceptors (Lipinski definition) is 2. The Kier molecular flexibility index (Phi) is 3.70. The average Bonchev–Trinajstić information content (AvgIpc) is 2.88. The van der Waals surface area contributed by atoms with Crippen LogP contribution in [-0.4, -0.2) is 5.11 Å². The molecule has 0 aliphatic carbocycles. The standard InChI is InChI=1S/C16H12Cl2O2/c17-13-6-3-4-10(16(13)18)8-14(19)12-9-20-15-7-2-1-5-11(12)15/h1-7,9,14,19H,8H2. The van der Waals surface area contributed by atoms with E-state index in [2.05, 4.69) is 0 Å². The zero-order chi connectivity index (χ0) is 14.1. The van der Waals surface area contributed by atoms with Gasteiger partial charge in [0, 0.05) is 17.4 Å². The average molecular weight is 307 g/mol. The van der Waals surface area contributed by atoms with E-state index < -0.39 is 6.10 Å². The minimum atomic E-state index is -0.686. The summed E-state index contributed by atoms with van der Waals surface area (Å²) in [5.41, 5.74) is 2.34. The van der Waals surface area contributed by atoms with Gasteiger partial charge < -0.3 is 9.52 Å². The molecule has 20 heavy (non-hydrogen) atoms. The third-order valence-corrected chi connectivity index (χ3v) is 4.17. The predicted octanol–water partition coefficient (Wildman–Crippen LogP) is 5.02. The summed E-state index contributed by atoms with van der Waals surface area (Å²) in [5, 5.41) is 12.3. The Hall–Kier alpha value is -1.48. The summed E-state index contributed by atoms with van der Waals surface area (Å²) in [5.74, 6) is 0. The van der Waals surface area contributed by atoms with Crippen LogP contribution in [0.4, 0.5) is 0 Å². The van der Waals surface area contributed by atoms with Crippen molar-refractivity contribution >= 4 is 34.2 Å². The number of hydrogen-bond donors (Lipinski definition) is 1. The van der Waals surface area contributed by atoms with Crippen LogP contribution in [0.15, 0.2) is 53.1 Å². The maximum absolute atomic E-state index is 10.4. The van der Waals surface area contributed by atoms with Crippen molar-refractivity contribution in [1.29, 1.82) is 0 Å². The fourth-order valence-electron chi connectivity index (χ4n) is 2.28. The second kappa shape index (κ2) is 5.49. The van der Waals surface area contributed by atoms with Crippen molar-refractivity contribution in [3.63, 3.8) is 0 Å². The van der Waals surface area contributed by atoms with Gasteiger partial charge in [-0.2, -0.15) is 0 Å². The lowest BCUT2D eigenvalue weighted by Crippen LogP contribution is -2.01. The van der Waals surface area contributed by atoms with Gasteiger partial charge in [0.25, 0.3) is 0 Å². The first kappa shape index (κ1) is 13.5. The molecule has 0 saturated heterocycles. The van der Waals surface area contributed by atoms with Gasteiger partial charge in [-0.25, -0.2) is 0 Å². The quantitative estimate of drug-likeness (QED) is 0.737. The van der Waals surface area contributed by atoms with E-state index in [1.54, 1.807) is 12.3 Å². The zero-order valence-corrected chi connectivity index (χ0v) is 12.0. The predicted molar refractivity (Wildman–Crippen MR) is 81.3 cm³/mol. The SMILES string of the molecule is OC(Cc1cccc(Cl)c1Cl)c1coc2ccccc12. The molecule has 0 bridgehead atoms. The van der Waals surface area contributed by atoms with Gasteiger partial charge >= 0.3 is 0 Å². The molecule has 0 radical (unpaired) electrons. The highest BCUT2D eigenvalue weighted by atomic mass is 35.5. The minimum absolute atomic E-state index is 0.392. The lowest BCUT2D eigenvalue weighted by Gasteiger charge is -2.11. The third-order valence-electron chi connectivity index (χ3n) is 3.31. The van der Waals surface area contributed by atoms with Crippen molar-refractivity contribution in [3.8, 4) is 0 Å². The Labute approximate surface area is 126 Å². The molecule has 102 valence electrons. The molecule has 3 aromatic rings. The van der Waals surface area contributed by atoms with Gasteiger partial charge in [-0.15, -0.1) is 0 Å². The number of aliphatic hydroxyl groups excluding tert-OH is 1. The molecule has 1 atom stereocenters. The van der Waals surface area contributed by atoms with E-state index in [4.69, 9.17) is 27.6 Å². The normalized spacial score (nSPS) is 12.8. The van der Waals surface area contributed by atoms with E-state index in [1.165, 1.54) is 0 Å². The lowest BCUT2D eigenvalue weighted by atomic mass is 10.0. The fraction of sp³-hybridized carbons (Fsp3) is 0.125. The van der Waals surface area contributed by atoms with Gasteiger partial charge in [-0.1, -0.05) is 53.5 Å². The molecule has 0 saturated carbocycles. The van der Waals surface area contributed by atoms with Crippen LogP contribution in [0.3, 0.4) is 0 Å². The molecule has 0 spiro atoms. The third kappa shape index (κ3) is 2.42. The van der Waals surface area contributed by atoms with Gasteiger partial charge in [0.1, 0.15) is 5.58 Å². The Morgan fingerprint density at radius 2 is 1.85 bits per heavy atom. The van der Waals surface area contributed by atoms with Gasteiger partial charge in [-0.3, -0.25) is 0 Å². The molecular formula is C16H12Cl2O2. The van der Waals surface area contributed by atoms with Crippen LogP contribution in [0, 0.1) is 0 Å². The summed E-state index contributed by atoms with van der Waals surface area (Å²) < 4.78 is 5.44. The molecule has 1 heterocycles. The van der Waals surface area contributed by atoms with Crippen LogP contribution in [0.5, 0.6) is 0 Å². The van der Waals surface area contributed by atoms with Crippen LogP contribution in [0.1, 0.15) is 17.2 Å². The van der Waals surface area contributed by atoms with Crippen LogP contribution in [0.25, 0.3) is 11.0 Å². The van der Waals surface area contributed by atoms with Crippen LogP contribution < -0.4 is 0 Å². The number of benzene rings is 2. The summed E-state index contributed by atoms with van der Waals surface area (Å²) in [6.07, 6.45) is 1.30. The van der Waals surface area contributed by atoms with Gasteiger partial charge in [0.05, 0.1) is 22.4 Å². The number of para-hydroxylation sites is 1. The van der Waals surface area contributed by atoms with Gasteiger partial charge in [0.15, 0.2) is 0 Å². The van der Waals surface area contributed by atoms with Crippen molar-refractivity contribution in [2.45, 2.75) is 12.5 Å². The van der Waals surface area contributed by atoms with Gasteiger partial charge in [0.2, 0.25) is 0 Å². The molecule has 0 aliphatic rings. The fourth-order valence-corrected chi connectivity index (χ4v) is 2.68. The highest BCUT2D eigenvalue weighted by molar-refractivity contribution is 6.42. The number of fused-ring (bicyclic) bond motifs is 1. The molecular weight excluding hydrogens is 295 g/mol. The number of aliphatic hydroxyl groups is 1. The largest absolute Gasteiger partial charge is 0.464 e. The first-order valence-electron chi connectivity index (χ1n) is 6.24. The van der Waals surface area contributed by atoms with Crippen LogP contribution >= 0.6 is 23.2 Å². The van der Waals surface area contributed by atoms with Crippen molar-refractivity contribution < 1.29 is 9.52 Å². The molecule has 2 aromatic carbocycles. The van der Waals surface area contributed by atoms with E-state index in [9.17, 15) is 5.11 Å². The maximum atomic E-state index is 10.4. The highest BCUT2D eigenvalue weighted by Gasteiger charge is 2.16. The van der Waals surface area contributed by atoms with E-state index in [-0.39, 0.29) is 0 Å². The molecule has 1 N–H and O–H groups in total. The smallest absolute Gasteiger partial charge is 0.134 e. The molecule has 1 aromatic heterocycles. The van der Waals surface area contributed by atoms with E-state index in [0.717, 1.165) is 22.1 Å². The topological polar surface area (TPSA) is 33.4 Å². The summed E-state index contributed by atoms with van der Waals surface area (Å²) in [4.78, 5) is 0. The minimum Gasteiger partial charge on any atom is -0.464 e. The molecule has 2 nitrogen and oxygen atoms in total. The maximum Gasteiger partial charge on any atom is 0.134 e. The number of rotatable bonds is 3. The van der Waals surface area contributed by atoms with Crippen molar-refractivity contribution in [3.05, 3.63) is 69.9 Å². The van der Waals surface area contributed by atoms with Gasteiger partial charge in [-0.05, 0) is 17.7 Å². The Morgan fingerprint density at radius 1 is 1.05 bits per heavy atom. The second-order valence-corrected chi connectivity index (χ2v) is 5.41. The van der Waals surface area contributed by atoms with Crippen LogP contribution in [-0.2, 0) is 6.42 Å². The first-order valence-corrected chi connectivity index (χ1v) is 6.99. The highest BCUT2D eigenvalue weighted by Crippen LogP contribution is 2.32. The molecule has 1 unspecified atom stereocenters. The molecule has 4 heteroatoms. The summed E-state index contributed by atoms with van der Waals surface area (Å²) in [6.45, 7) is 0. The van der Waals surface area contributed by atoms with Crippen molar-refractivity contribution in [2.24, 2.45) is 0 Å². The summed E-state index contributed by atoms with van der Waals surface area (Å²) >= 11 is 12.1. The summed E-state index contributed by atoms with van der Waals surface area (Å²) in [7, 11) is 0. The van der Waals surface area contributed by atoms with Crippen molar-refractivity contribution in [2.75, 3.05) is 0 Å². The molecule has 0 aliphatic heterocycles. The van der Waals surface area contributed by atoms with E-state index >= 15 is 0 Å². The molecule has 3 rings (SSSR count). The Bertz CT molecular complexity index is 749.